The molecule has 0 fully saturated rings. The van der Waals surface area contributed by atoms with Crippen molar-refractivity contribution >= 4 is 5.97 Å². The standard InChI is InChI=1S/C9H15O2/c1-3-4-5-6-7-8-9(10)11-2/h3-4H,1,5-8H2,2H3/b4-3+. The van der Waals surface area contributed by atoms with Crippen LogP contribution in [0.15, 0.2) is 12.2 Å². The van der Waals surface area contributed by atoms with E-state index in [1.165, 1.54) is 7.11 Å². The van der Waals surface area contributed by atoms with Crippen LogP contribution < -0.4 is 0 Å². The van der Waals surface area contributed by atoms with Crippen LogP contribution in [0.3, 0.4) is 0 Å². The Bertz CT molecular complexity index is 128. The molecule has 2 heteroatoms. The number of ether oxygens (including phenoxy) is 1. The number of esters is 1. The molecule has 0 amide bonds. The molecule has 0 aromatic heterocycles. The van der Waals surface area contributed by atoms with E-state index in [1.807, 2.05) is 6.08 Å². The molecule has 0 N–H and O–H groups in total. The summed E-state index contributed by atoms with van der Waals surface area (Å²) in [5.41, 5.74) is 0. The van der Waals surface area contributed by atoms with E-state index < -0.39 is 0 Å². The second-order valence-corrected chi connectivity index (χ2v) is 2.29. The molecule has 11 heavy (non-hydrogen) atoms. The summed E-state index contributed by atoms with van der Waals surface area (Å²) in [6.07, 6.45) is 7.23. The third-order valence-corrected chi connectivity index (χ3v) is 1.40. The van der Waals surface area contributed by atoms with Crippen LogP contribution in [0.4, 0.5) is 0 Å². The maximum atomic E-state index is 10.6. The van der Waals surface area contributed by atoms with Crippen LogP contribution in [-0.4, -0.2) is 13.1 Å². The molecule has 0 saturated heterocycles. The predicted octanol–water partition coefficient (Wildman–Crippen LogP) is 2.11. The van der Waals surface area contributed by atoms with Crippen LogP contribution in [0.5, 0.6) is 0 Å². The summed E-state index contributed by atoms with van der Waals surface area (Å²) in [5, 5.41) is 0. The van der Waals surface area contributed by atoms with Gasteiger partial charge in [-0.2, -0.15) is 0 Å². The van der Waals surface area contributed by atoms with Gasteiger partial charge in [0.2, 0.25) is 0 Å². The molecule has 0 aromatic carbocycles. The van der Waals surface area contributed by atoms with E-state index >= 15 is 0 Å². The molecular weight excluding hydrogens is 140 g/mol. The van der Waals surface area contributed by atoms with Gasteiger partial charge in [0.1, 0.15) is 0 Å². The van der Waals surface area contributed by atoms with Crippen LogP contribution >= 0.6 is 0 Å². The van der Waals surface area contributed by atoms with Crippen LogP contribution in [0.1, 0.15) is 25.7 Å². The zero-order chi connectivity index (χ0) is 8.53. The molecule has 0 rings (SSSR count). The molecule has 0 unspecified atom stereocenters. The van der Waals surface area contributed by atoms with Gasteiger partial charge in [-0.3, -0.25) is 4.79 Å². The summed E-state index contributed by atoms with van der Waals surface area (Å²) in [7, 11) is 1.41. The molecular formula is C9H15O2. The SMILES string of the molecule is [CH2]/C=C/CCCCC(=O)OC. The molecule has 0 atom stereocenters. The molecule has 0 aliphatic rings. The summed E-state index contributed by atoms with van der Waals surface area (Å²) >= 11 is 0. The van der Waals surface area contributed by atoms with Gasteiger partial charge in [-0.15, -0.1) is 0 Å². The first-order valence-electron chi connectivity index (χ1n) is 3.82. The second kappa shape index (κ2) is 7.32. The summed E-state index contributed by atoms with van der Waals surface area (Å²) in [6, 6.07) is 0. The zero-order valence-electron chi connectivity index (χ0n) is 7.01. The first-order valence-corrected chi connectivity index (χ1v) is 3.82. The van der Waals surface area contributed by atoms with E-state index in [2.05, 4.69) is 11.7 Å². The van der Waals surface area contributed by atoms with E-state index in [0.717, 1.165) is 19.3 Å². The number of hydrogen-bond donors (Lipinski definition) is 0. The average Bonchev–Trinajstić information content (AvgIpc) is 2.04. The Hall–Kier alpha value is -0.790. The number of carbonyl (C=O) groups excluding carboxylic acids is 1. The van der Waals surface area contributed by atoms with Crippen molar-refractivity contribution in [2.24, 2.45) is 0 Å². The van der Waals surface area contributed by atoms with Crippen LogP contribution in [0, 0.1) is 6.92 Å². The van der Waals surface area contributed by atoms with Gasteiger partial charge in [0.05, 0.1) is 7.11 Å². The van der Waals surface area contributed by atoms with Crippen LogP contribution in [0.25, 0.3) is 0 Å². The maximum absolute atomic E-state index is 10.6. The van der Waals surface area contributed by atoms with E-state index in [9.17, 15) is 4.79 Å². The highest BCUT2D eigenvalue weighted by Gasteiger charge is 1.97. The summed E-state index contributed by atoms with van der Waals surface area (Å²) in [6.45, 7) is 3.56. The van der Waals surface area contributed by atoms with Gasteiger partial charge < -0.3 is 4.74 Å². The first-order chi connectivity index (χ1) is 5.31. The monoisotopic (exact) mass is 155 g/mol. The van der Waals surface area contributed by atoms with Crippen molar-refractivity contribution in [3.05, 3.63) is 19.1 Å². The average molecular weight is 155 g/mol. The largest absolute Gasteiger partial charge is 0.469 e. The fourth-order valence-electron chi connectivity index (χ4n) is 0.751. The Balaban J connectivity index is 3.08. The lowest BCUT2D eigenvalue weighted by atomic mass is 10.2. The fraction of sp³-hybridized carbons (Fsp3) is 0.556. The quantitative estimate of drug-likeness (QED) is 0.449. The molecule has 0 bridgehead atoms. The van der Waals surface area contributed by atoms with Crippen LogP contribution in [-0.2, 0) is 9.53 Å². The number of allylic oxidation sites excluding steroid dienone is 2. The minimum Gasteiger partial charge on any atom is -0.469 e. The van der Waals surface area contributed by atoms with Crippen molar-refractivity contribution in [2.75, 3.05) is 7.11 Å². The molecule has 0 aromatic rings. The summed E-state index contributed by atoms with van der Waals surface area (Å²) in [5.74, 6) is -0.122. The van der Waals surface area contributed by atoms with Crippen molar-refractivity contribution in [1.82, 2.24) is 0 Å². The minimum absolute atomic E-state index is 0.122. The topological polar surface area (TPSA) is 26.3 Å². The van der Waals surface area contributed by atoms with Crippen molar-refractivity contribution in [2.45, 2.75) is 25.7 Å². The van der Waals surface area contributed by atoms with E-state index in [-0.39, 0.29) is 5.97 Å². The minimum atomic E-state index is -0.122. The lowest BCUT2D eigenvalue weighted by Crippen LogP contribution is -1.98. The van der Waals surface area contributed by atoms with Gasteiger partial charge in [0.15, 0.2) is 0 Å². The fourth-order valence-corrected chi connectivity index (χ4v) is 0.751. The number of methoxy groups -OCH3 is 1. The second-order valence-electron chi connectivity index (χ2n) is 2.29. The third kappa shape index (κ3) is 7.10. The van der Waals surface area contributed by atoms with Crippen molar-refractivity contribution in [3.63, 3.8) is 0 Å². The number of unbranched alkanes of at least 4 members (excludes halogenated alkanes) is 2. The number of hydrogen-bond acceptors (Lipinski definition) is 2. The molecule has 0 spiro atoms. The Kier molecular flexibility index (Phi) is 6.79. The third-order valence-electron chi connectivity index (χ3n) is 1.40. The number of rotatable bonds is 5. The predicted molar refractivity (Wildman–Crippen MR) is 45.0 cm³/mol. The van der Waals surface area contributed by atoms with Gasteiger partial charge in [-0.25, -0.2) is 0 Å². The highest BCUT2D eigenvalue weighted by atomic mass is 16.5. The lowest BCUT2D eigenvalue weighted by molar-refractivity contribution is -0.140. The Labute approximate surface area is 68.2 Å². The van der Waals surface area contributed by atoms with Gasteiger partial charge in [-0.1, -0.05) is 12.2 Å². The van der Waals surface area contributed by atoms with E-state index in [0.29, 0.717) is 6.42 Å². The van der Waals surface area contributed by atoms with Gasteiger partial charge >= 0.3 is 5.97 Å². The summed E-state index contributed by atoms with van der Waals surface area (Å²) < 4.78 is 4.49. The molecule has 0 saturated carbocycles. The van der Waals surface area contributed by atoms with Gasteiger partial charge in [-0.05, 0) is 26.2 Å². The van der Waals surface area contributed by atoms with Crippen molar-refractivity contribution in [3.8, 4) is 0 Å². The Morgan fingerprint density at radius 1 is 1.55 bits per heavy atom. The first kappa shape index (κ1) is 10.2. The highest BCUT2D eigenvalue weighted by molar-refractivity contribution is 5.68. The van der Waals surface area contributed by atoms with Crippen molar-refractivity contribution in [1.29, 1.82) is 0 Å². The van der Waals surface area contributed by atoms with Crippen molar-refractivity contribution < 1.29 is 9.53 Å². The summed E-state index contributed by atoms with van der Waals surface area (Å²) in [4.78, 5) is 10.6. The molecule has 0 aliphatic carbocycles. The molecule has 2 nitrogen and oxygen atoms in total. The molecule has 1 radical (unpaired) electrons. The van der Waals surface area contributed by atoms with Gasteiger partial charge in [0.25, 0.3) is 0 Å². The van der Waals surface area contributed by atoms with Gasteiger partial charge in [0, 0.05) is 6.42 Å². The van der Waals surface area contributed by atoms with Crippen LogP contribution in [0.2, 0.25) is 0 Å². The normalized spacial score (nSPS) is 10.4. The van der Waals surface area contributed by atoms with E-state index in [1.54, 1.807) is 6.08 Å². The zero-order valence-corrected chi connectivity index (χ0v) is 7.01. The number of carbonyl (C=O) groups is 1. The molecule has 63 valence electrons. The Morgan fingerprint density at radius 2 is 2.27 bits per heavy atom. The maximum Gasteiger partial charge on any atom is 0.305 e. The Morgan fingerprint density at radius 3 is 2.82 bits per heavy atom. The van der Waals surface area contributed by atoms with E-state index in [4.69, 9.17) is 0 Å². The molecule has 0 aliphatic heterocycles. The molecule has 0 heterocycles. The lowest BCUT2D eigenvalue weighted by Gasteiger charge is -1.96. The smallest absolute Gasteiger partial charge is 0.305 e. The highest BCUT2D eigenvalue weighted by Crippen LogP contribution is 2.01.